The Kier molecular flexibility index (Phi) is 6.79. The average molecular weight is 461 g/mol. The number of guanidine groups is 1. The number of hydrogen-bond acceptors (Lipinski definition) is 2. The predicted octanol–water partition coefficient (Wildman–Crippen LogP) is 4.34. The minimum absolute atomic E-state index is 0. The zero-order chi connectivity index (χ0) is 17.8. The molecule has 1 aromatic heterocycles. The number of nitrogens with one attached hydrogen (secondary N) is 1. The first-order chi connectivity index (χ1) is 12.0. The Morgan fingerprint density at radius 2 is 1.85 bits per heavy atom. The Balaban J connectivity index is 0.00000243. The molecule has 0 aliphatic carbocycles. The molecule has 2 aromatic carbocycles. The molecule has 3 aromatic rings. The number of para-hydroxylation sites is 1. The van der Waals surface area contributed by atoms with Crippen LogP contribution in [-0.4, -0.2) is 15.7 Å². The molecule has 1 heterocycles. The first-order valence-electron chi connectivity index (χ1n) is 8.27. The number of halogens is 1. The van der Waals surface area contributed by atoms with Crippen molar-refractivity contribution in [2.75, 3.05) is 5.32 Å². The van der Waals surface area contributed by atoms with Gasteiger partial charge in [-0.3, -0.25) is 0 Å². The van der Waals surface area contributed by atoms with Gasteiger partial charge in [-0.25, -0.2) is 9.67 Å². The quantitative estimate of drug-likeness (QED) is 0.345. The molecule has 136 valence electrons. The van der Waals surface area contributed by atoms with Crippen LogP contribution >= 0.6 is 24.0 Å². The zero-order valence-electron chi connectivity index (χ0n) is 15.2. The van der Waals surface area contributed by atoms with E-state index in [-0.39, 0.29) is 24.0 Å². The number of aromatic nitrogens is 2. The highest BCUT2D eigenvalue weighted by Crippen LogP contribution is 2.16. The van der Waals surface area contributed by atoms with E-state index >= 15 is 0 Å². The van der Waals surface area contributed by atoms with E-state index in [2.05, 4.69) is 41.4 Å². The summed E-state index contributed by atoms with van der Waals surface area (Å²) >= 11 is 0. The smallest absolute Gasteiger partial charge is 0.193 e. The number of anilines is 1. The monoisotopic (exact) mass is 461 g/mol. The molecule has 5 nitrogen and oxygen atoms in total. The molecule has 0 radical (unpaired) electrons. The molecule has 3 rings (SSSR count). The number of rotatable bonds is 4. The molecule has 26 heavy (non-hydrogen) atoms. The third kappa shape index (κ3) is 4.85. The maximum absolute atomic E-state index is 6.05. The average Bonchev–Trinajstić information content (AvgIpc) is 3.03. The molecule has 0 fully saturated rings. The maximum Gasteiger partial charge on any atom is 0.193 e. The highest BCUT2D eigenvalue weighted by atomic mass is 127. The van der Waals surface area contributed by atoms with Crippen molar-refractivity contribution in [3.63, 3.8) is 0 Å². The summed E-state index contributed by atoms with van der Waals surface area (Å²) in [5.41, 5.74) is 12.5. The van der Waals surface area contributed by atoms with Crippen LogP contribution in [0.5, 0.6) is 0 Å². The molecule has 0 saturated heterocycles. The lowest BCUT2D eigenvalue weighted by Gasteiger charge is -2.10. The Morgan fingerprint density at radius 3 is 2.54 bits per heavy atom. The zero-order valence-corrected chi connectivity index (χ0v) is 17.6. The van der Waals surface area contributed by atoms with Gasteiger partial charge in [0.05, 0.1) is 17.9 Å². The summed E-state index contributed by atoms with van der Waals surface area (Å²) in [5.74, 6) is 0.398. The highest BCUT2D eigenvalue weighted by molar-refractivity contribution is 14.0. The SMILES string of the molecule is Cc1ccn(-c2ccccc2CN=C(N)Nc2ccc(C)c(C)c2)n1.I. The van der Waals surface area contributed by atoms with Crippen LogP contribution in [-0.2, 0) is 6.54 Å². The first kappa shape index (κ1) is 20.0. The van der Waals surface area contributed by atoms with E-state index in [1.807, 2.05) is 54.2 Å². The van der Waals surface area contributed by atoms with Gasteiger partial charge in [-0.15, -0.1) is 24.0 Å². The number of benzene rings is 2. The van der Waals surface area contributed by atoms with Gasteiger partial charge < -0.3 is 11.1 Å². The number of nitrogens with two attached hydrogens (primary N) is 1. The second kappa shape index (κ2) is 8.84. The van der Waals surface area contributed by atoms with Gasteiger partial charge in [0.15, 0.2) is 5.96 Å². The van der Waals surface area contributed by atoms with Crippen molar-refractivity contribution in [2.45, 2.75) is 27.3 Å². The third-order valence-electron chi connectivity index (χ3n) is 4.16. The van der Waals surface area contributed by atoms with Crippen molar-refractivity contribution in [1.29, 1.82) is 0 Å². The van der Waals surface area contributed by atoms with Gasteiger partial charge in [0, 0.05) is 11.9 Å². The fourth-order valence-corrected chi connectivity index (χ4v) is 2.59. The fraction of sp³-hybridized carbons (Fsp3) is 0.200. The van der Waals surface area contributed by atoms with Gasteiger partial charge in [-0.05, 0) is 61.7 Å². The van der Waals surface area contributed by atoms with Gasteiger partial charge in [0.2, 0.25) is 0 Å². The lowest BCUT2D eigenvalue weighted by Crippen LogP contribution is -2.22. The lowest BCUT2D eigenvalue weighted by molar-refractivity contribution is 0.844. The number of hydrogen-bond donors (Lipinski definition) is 2. The summed E-state index contributed by atoms with van der Waals surface area (Å²) < 4.78 is 1.87. The van der Waals surface area contributed by atoms with Crippen LogP contribution in [0.15, 0.2) is 59.7 Å². The normalized spacial score (nSPS) is 11.1. The number of nitrogens with zero attached hydrogens (tertiary/aromatic N) is 3. The standard InChI is InChI=1S/C20H23N5.HI/c1-14-8-9-18(12-15(14)2)23-20(21)22-13-17-6-4-5-7-19(17)25-11-10-16(3)24-25;/h4-12H,13H2,1-3H3,(H3,21,22,23);1H. The van der Waals surface area contributed by atoms with Crippen molar-refractivity contribution in [2.24, 2.45) is 10.7 Å². The molecule has 0 spiro atoms. The van der Waals surface area contributed by atoms with Crippen LogP contribution in [0.2, 0.25) is 0 Å². The molecule has 0 atom stereocenters. The minimum Gasteiger partial charge on any atom is -0.370 e. The summed E-state index contributed by atoms with van der Waals surface area (Å²) in [6.45, 7) is 6.63. The fourth-order valence-electron chi connectivity index (χ4n) is 2.59. The molecule has 0 amide bonds. The second-order valence-electron chi connectivity index (χ2n) is 6.16. The summed E-state index contributed by atoms with van der Waals surface area (Å²) in [6, 6.07) is 16.2. The number of aryl methyl sites for hydroxylation is 3. The molecule has 0 saturated carbocycles. The van der Waals surface area contributed by atoms with E-state index in [1.54, 1.807) is 0 Å². The third-order valence-corrected chi connectivity index (χ3v) is 4.16. The summed E-state index contributed by atoms with van der Waals surface area (Å²) in [5, 5.41) is 7.62. The summed E-state index contributed by atoms with van der Waals surface area (Å²) in [4.78, 5) is 4.48. The van der Waals surface area contributed by atoms with Gasteiger partial charge in [-0.1, -0.05) is 24.3 Å². The van der Waals surface area contributed by atoms with Crippen LogP contribution in [0.25, 0.3) is 5.69 Å². The number of aliphatic imine (C=N–C) groups is 1. The van der Waals surface area contributed by atoms with Crippen LogP contribution in [0.1, 0.15) is 22.4 Å². The molecular formula is C20H24IN5. The van der Waals surface area contributed by atoms with E-state index in [9.17, 15) is 0 Å². The van der Waals surface area contributed by atoms with Crippen molar-refractivity contribution >= 4 is 35.6 Å². The van der Waals surface area contributed by atoms with Crippen molar-refractivity contribution in [3.8, 4) is 5.69 Å². The summed E-state index contributed by atoms with van der Waals surface area (Å²) in [7, 11) is 0. The van der Waals surface area contributed by atoms with E-state index in [0.29, 0.717) is 12.5 Å². The molecule has 0 unspecified atom stereocenters. The molecule has 0 aliphatic rings. The Morgan fingerprint density at radius 1 is 1.08 bits per heavy atom. The molecule has 0 bridgehead atoms. The van der Waals surface area contributed by atoms with E-state index in [1.165, 1.54) is 11.1 Å². The van der Waals surface area contributed by atoms with Gasteiger partial charge in [-0.2, -0.15) is 5.10 Å². The van der Waals surface area contributed by atoms with Crippen LogP contribution < -0.4 is 11.1 Å². The predicted molar refractivity (Wildman–Crippen MR) is 119 cm³/mol. The highest BCUT2D eigenvalue weighted by Gasteiger charge is 2.05. The topological polar surface area (TPSA) is 68.2 Å². The maximum atomic E-state index is 6.05. The Labute approximate surface area is 171 Å². The van der Waals surface area contributed by atoms with Crippen molar-refractivity contribution in [3.05, 3.63) is 77.1 Å². The van der Waals surface area contributed by atoms with Gasteiger partial charge >= 0.3 is 0 Å². The minimum atomic E-state index is 0. The second-order valence-corrected chi connectivity index (χ2v) is 6.16. The molecule has 3 N–H and O–H groups in total. The lowest BCUT2D eigenvalue weighted by atomic mass is 10.1. The van der Waals surface area contributed by atoms with E-state index < -0.39 is 0 Å². The Bertz CT molecular complexity index is 914. The molecule has 0 aliphatic heterocycles. The van der Waals surface area contributed by atoms with Gasteiger partial charge in [0.25, 0.3) is 0 Å². The van der Waals surface area contributed by atoms with Crippen LogP contribution in [0, 0.1) is 20.8 Å². The Hall–Kier alpha value is -2.35. The first-order valence-corrected chi connectivity index (χ1v) is 8.27. The van der Waals surface area contributed by atoms with Gasteiger partial charge in [0.1, 0.15) is 0 Å². The van der Waals surface area contributed by atoms with Crippen LogP contribution in [0.4, 0.5) is 5.69 Å². The van der Waals surface area contributed by atoms with E-state index in [0.717, 1.165) is 22.6 Å². The van der Waals surface area contributed by atoms with E-state index in [4.69, 9.17) is 5.73 Å². The molecular weight excluding hydrogens is 437 g/mol. The van der Waals surface area contributed by atoms with Crippen molar-refractivity contribution in [1.82, 2.24) is 9.78 Å². The van der Waals surface area contributed by atoms with Crippen molar-refractivity contribution < 1.29 is 0 Å². The van der Waals surface area contributed by atoms with Crippen LogP contribution in [0.3, 0.4) is 0 Å². The molecule has 6 heteroatoms. The largest absolute Gasteiger partial charge is 0.370 e. The summed E-state index contributed by atoms with van der Waals surface area (Å²) in [6.07, 6.45) is 1.95.